The second kappa shape index (κ2) is 8.29. The molecule has 0 radical (unpaired) electrons. The van der Waals surface area contributed by atoms with E-state index in [1.54, 1.807) is 42.5 Å². The molecular formula is C20H14ClNO7S. The number of halogens is 1. The lowest BCUT2D eigenvalue weighted by atomic mass is 10.1. The van der Waals surface area contributed by atoms with E-state index in [0.29, 0.717) is 33.4 Å². The van der Waals surface area contributed by atoms with Gasteiger partial charge in [-0.15, -0.1) is 0 Å². The lowest BCUT2D eigenvalue weighted by molar-refractivity contribution is -0.139. The number of carboxylic acid groups (broad SMARTS) is 1. The summed E-state index contributed by atoms with van der Waals surface area (Å²) in [5, 5.41) is 8.61. The molecule has 10 heteroatoms. The van der Waals surface area contributed by atoms with Crippen LogP contribution in [0.3, 0.4) is 0 Å². The standard InChI is InChI=1S/C20H14ClNO7S/c21-14-7-16-15(28-10-29-16)6-12(14)8-22-19(25)17(30-20(22)26)5-11-1-3-13(4-2-11)27-9-18(23)24/h1-7H,8-10H2,(H,23,24). The Balaban J connectivity index is 1.48. The Morgan fingerprint density at radius 3 is 2.60 bits per heavy atom. The van der Waals surface area contributed by atoms with Gasteiger partial charge in [-0.3, -0.25) is 14.5 Å². The minimum absolute atomic E-state index is 0.0133. The second-order valence-corrected chi connectivity index (χ2v) is 7.72. The van der Waals surface area contributed by atoms with E-state index < -0.39 is 23.7 Å². The number of hydrogen-bond donors (Lipinski definition) is 1. The molecule has 1 saturated heterocycles. The van der Waals surface area contributed by atoms with E-state index in [9.17, 15) is 14.4 Å². The minimum atomic E-state index is -1.07. The van der Waals surface area contributed by atoms with Crippen molar-refractivity contribution in [2.75, 3.05) is 13.4 Å². The van der Waals surface area contributed by atoms with Gasteiger partial charge in [0, 0.05) is 11.1 Å². The van der Waals surface area contributed by atoms with Gasteiger partial charge in [0.15, 0.2) is 18.1 Å². The molecule has 1 fully saturated rings. The van der Waals surface area contributed by atoms with Crippen LogP contribution in [0, 0.1) is 0 Å². The average Bonchev–Trinajstić information content (AvgIpc) is 3.26. The van der Waals surface area contributed by atoms with Crippen LogP contribution in [-0.2, 0) is 16.1 Å². The molecule has 0 aromatic heterocycles. The summed E-state index contributed by atoms with van der Waals surface area (Å²) < 4.78 is 15.7. The van der Waals surface area contributed by atoms with Crippen LogP contribution < -0.4 is 14.2 Å². The predicted molar refractivity (Wildman–Crippen MR) is 109 cm³/mol. The molecule has 2 heterocycles. The second-order valence-electron chi connectivity index (χ2n) is 6.32. The molecule has 1 N–H and O–H groups in total. The topological polar surface area (TPSA) is 102 Å². The summed E-state index contributed by atoms with van der Waals surface area (Å²) in [6, 6.07) is 9.77. The van der Waals surface area contributed by atoms with E-state index in [1.807, 2.05) is 0 Å². The molecule has 0 saturated carbocycles. The summed E-state index contributed by atoms with van der Waals surface area (Å²) in [5.74, 6) is -0.0731. The van der Waals surface area contributed by atoms with Crippen LogP contribution in [-0.4, -0.2) is 40.5 Å². The number of amides is 2. The van der Waals surface area contributed by atoms with Gasteiger partial charge in [-0.25, -0.2) is 4.79 Å². The lowest BCUT2D eigenvalue weighted by Gasteiger charge is -2.14. The van der Waals surface area contributed by atoms with Gasteiger partial charge >= 0.3 is 5.97 Å². The molecule has 2 aromatic carbocycles. The number of rotatable bonds is 6. The molecular weight excluding hydrogens is 434 g/mol. The van der Waals surface area contributed by atoms with Gasteiger partial charge in [0.25, 0.3) is 11.1 Å². The minimum Gasteiger partial charge on any atom is -0.482 e. The SMILES string of the molecule is O=C(O)COc1ccc(C=C2SC(=O)N(Cc3cc4c(cc3Cl)OCO4)C2=O)cc1. The highest BCUT2D eigenvalue weighted by atomic mass is 35.5. The number of nitrogens with zero attached hydrogens (tertiary/aromatic N) is 1. The first-order valence-electron chi connectivity index (χ1n) is 8.69. The normalized spacial score (nSPS) is 16.4. The third kappa shape index (κ3) is 4.22. The van der Waals surface area contributed by atoms with Crippen LogP contribution in [0.2, 0.25) is 5.02 Å². The number of thioether (sulfide) groups is 1. The molecule has 4 rings (SSSR count). The first-order valence-corrected chi connectivity index (χ1v) is 9.88. The van der Waals surface area contributed by atoms with E-state index in [-0.39, 0.29) is 18.2 Å². The Labute approximate surface area is 180 Å². The maximum atomic E-state index is 12.7. The molecule has 0 aliphatic carbocycles. The van der Waals surface area contributed by atoms with Crippen molar-refractivity contribution in [3.8, 4) is 17.2 Å². The highest BCUT2D eigenvalue weighted by Gasteiger charge is 2.35. The Hall–Kier alpha value is -3.17. The monoisotopic (exact) mass is 447 g/mol. The summed E-state index contributed by atoms with van der Waals surface area (Å²) in [6.07, 6.45) is 1.59. The number of aliphatic carboxylic acids is 1. The van der Waals surface area contributed by atoms with Crippen molar-refractivity contribution in [2.45, 2.75) is 6.54 Å². The maximum absolute atomic E-state index is 12.7. The smallest absolute Gasteiger partial charge is 0.341 e. The van der Waals surface area contributed by atoms with Crippen molar-refractivity contribution in [2.24, 2.45) is 0 Å². The molecule has 2 amide bonds. The molecule has 0 spiro atoms. The number of imide groups is 1. The fourth-order valence-electron chi connectivity index (χ4n) is 2.84. The summed E-state index contributed by atoms with van der Waals surface area (Å²) in [5.41, 5.74) is 1.24. The van der Waals surface area contributed by atoms with Crippen LogP contribution in [0.15, 0.2) is 41.3 Å². The summed E-state index contributed by atoms with van der Waals surface area (Å²) in [4.78, 5) is 37.1. The number of ether oxygens (including phenoxy) is 3. The van der Waals surface area contributed by atoms with Crippen molar-refractivity contribution in [3.05, 3.63) is 57.5 Å². The van der Waals surface area contributed by atoms with Crippen molar-refractivity contribution < 1.29 is 33.7 Å². The van der Waals surface area contributed by atoms with Gasteiger partial charge < -0.3 is 19.3 Å². The first kappa shape index (κ1) is 20.1. The first-order chi connectivity index (χ1) is 14.4. The number of carbonyl (C=O) groups excluding carboxylic acids is 2. The van der Waals surface area contributed by atoms with Gasteiger partial charge in [-0.05, 0) is 47.2 Å². The Morgan fingerprint density at radius 2 is 1.90 bits per heavy atom. The maximum Gasteiger partial charge on any atom is 0.341 e. The fourth-order valence-corrected chi connectivity index (χ4v) is 3.90. The average molecular weight is 448 g/mol. The molecule has 30 heavy (non-hydrogen) atoms. The van der Waals surface area contributed by atoms with Crippen LogP contribution in [0.1, 0.15) is 11.1 Å². The molecule has 2 aliphatic rings. The third-order valence-electron chi connectivity index (χ3n) is 4.28. The number of carbonyl (C=O) groups is 3. The molecule has 0 unspecified atom stereocenters. The van der Waals surface area contributed by atoms with Gasteiger partial charge in [0.05, 0.1) is 11.4 Å². The van der Waals surface area contributed by atoms with Crippen LogP contribution in [0.25, 0.3) is 6.08 Å². The van der Waals surface area contributed by atoms with Gasteiger partial charge in [0.2, 0.25) is 6.79 Å². The van der Waals surface area contributed by atoms with Crippen LogP contribution >= 0.6 is 23.4 Å². The summed E-state index contributed by atoms with van der Waals surface area (Å²) >= 11 is 7.09. The molecule has 0 bridgehead atoms. The van der Waals surface area contributed by atoms with Crippen molar-refractivity contribution in [3.63, 3.8) is 0 Å². The van der Waals surface area contributed by atoms with Crippen molar-refractivity contribution in [1.29, 1.82) is 0 Å². The zero-order valence-electron chi connectivity index (χ0n) is 15.3. The van der Waals surface area contributed by atoms with E-state index in [0.717, 1.165) is 16.7 Å². The lowest BCUT2D eigenvalue weighted by Crippen LogP contribution is -2.27. The van der Waals surface area contributed by atoms with Gasteiger partial charge in [0.1, 0.15) is 5.75 Å². The third-order valence-corrected chi connectivity index (χ3v) is 5.54. The highest BCUT2D eigenvalue weighted by molar-refractivity contribution is 8.18. The van der Waals surface area contributed by atoms with E-state index >= 15 is 0 Å². The summed E-state index contributed by atoms with van der Waals surface area (Å²) in [6.45, 7) is -0.334. The number of fused-ring (bicyclic) bond motifs is 1. The van der Waals surface area contributed by atoms with Crippen LogP contribution in [0.5, 0.6) is 17.2 Å². The number of hydrogen-bond acceptors (Lipinski definition) is 7. The van der Waals surface area contributed by atoms with Crippen molar-refractivity contribution >= 4 is 46.6 Å². The highest BCUT2D eigenvalue weighted by Crippen LogP contribution is 2.39. The van der Waals surface area contributed by atoms with E-state index in [4.69, 9.17) is 30.9 Å². The molecule has 2 aliphatic heterocycles. The summed E-state index contributed by atoms with van der Waals surface area (Å²) in [7, 11) is 0. The molecule has 2 aromatic rings. The van der Waals surface area contributed by atoms with Crippen molar-refractivity contribution in [1.82, 2.24) is 4.90 Å². The van der Waals surface area contributed by atoms with Crippen LogP contribution in [0.4, 0.5) is 4.79 Å². The number of benzene rings is 2. The van der Waals surface area contributed by atoms with E-state index in [2.05, 4.69) is 0 Å². The predicted octanol–water partition coefficient (Wildman–Crippen LogP) is 3.77. The van der Waals surface area contributed by atoms with Gasteiger partial charge in [-0.1, -0.05) is 23.7 Å². The zero-order chi connectivity index (χ0) is 21.3. The Morgan fingerprint density at radius 1 is 1.20 bits per heavy atom. The van der Waals surface area contributed by atoms with E-state index in [1.165, 1.54) is 0 Å². The largest absolute Gasteiger partial charge is 0.482 e. The zero-order valence-corrected chi connectivity index (χ0v) is 16.9. The molecule has 154 valence electrons. The molecule has 0 atom stereocenters. The fraction of sp³-hybridized carbons (Fsp3) is 0.150. The quantitative estimate of drug-likeness (QED) is 0.667. The van der Waals surface area contributed by atoms with Gasteiger partial charge in [-0.2, -0.15) is 0 Å². The number of carboxylic acids is 1. The molecule has 8 nitrogen and oxygen atoms in total. The Bertz CT molecular complexity index is 1070. The Kier molecular flexibility index (Phi) is 5.56.